The summed E-state index contributed by atoms with van der Waals surface area (Å²) in [6.07, 6.45) is 6.68. The van der Waals surface area contributed by atoms with Gasteiger partial charge in [0.05, 0.1) is 6.54 Å². The van der Waals surface area contributed by atoms with Gasteiger partial charge < -0.3 is 14.2 Å². The summed E-state index contributed by atoms with van der Waals surface area (Å²) in [6.45, 7) is 17.9. The zero-order chi connectivity index (χ0) is 25.4. The number of aromatic nitrogens is 2. The predicted octanol–water partition coefficient (Wildman–Crippen LogP) is 6.53. The number of benzene rings is 1. The van der Waals surface area contributed by atoms with Gasteiger partial charge in [0.15, 0.2) is 5.78 Å². The second kappa shape index (κ2) is 9.93. The molecule has 0 fully saturated rings. The van der Waals surface area contributed by atoms with Crippen LogP contribution in [-0.4, -0.2) is 20.0 Å². The molecule has 3 rings (SSSR count). The molecular weight excluding hydrogens is 446 g/mol. The van der Waals surface area contributed by atoms with Gasteiger partial charge in [-0.3, -0.25) is 4.79 Å². The minimum absolute atomic E-state index is 0.0135. The van der Waals surface area contributed by atoms with Gasteiger partial charge in [0, 0.05) is 46.9 Å². The number of fused-ring (bicyclic) bond motifs is 1. The van der Waals surface area contributed by atoms with Gasteiger partial charge in [-0.2, -0.15) is 0 Å². The van der Waals surface area contributed by atoms with E-state index in [4.69, 9.17) is 11.8 Å². The number of phenolic OH excluding ortho intramolecular Hbond substituents is 1. The quantitative estimate of drug-likeness (QED) is 0.451. The van der Waals surface area contributed by atoms with Gasteiger partial charge in [-0.1, -0.05) is 68.2 Å². The standard InChI is InChI=1S/C28H42ClN3O2/c1-9-18(10-2)11-19-12-21-16-31(26(30-29)32(21)15-19)17-24(33)20-13-22(27(3,4)5)25(34)23(14-20)28(6,7)8/h13-14,16,18-19,34H,9-12,15,17H2,1-8H3. The van der Waals surface area contributed by atoms with E-state index >= 15 is 0 Å². The average molecular weight is 488 g/mol. The fourth-order valence-corrected chi connectivity index (χ4v) is 5.41. The summed E-state index contributed by atoms with van der Waals surface area (Å²) in [6, 6.07) is 3.70. The second-order valence-corrected chi connectivity index (χ2v) is 12.2. The first kappa shape index (κ1) is 26.6. The number of nitrogens with zero attached hydrogens (tertiary/aromatic N) is 3. The van der Waals surface area contributed by atoms with Crippen molar-refractivity contribution in [1.29, 1.82) is 0 Å². The number of imidazole rings is 1. The molecule has 1 aliphatic heterocycles. The van der Waals surface area contributed by atoms with Crippen molar-refractivity contribution >= 4 is 17.6 Å². The van der Waals surface area contributed by atoms with Crippen molar-refractivity contribution in [2.75, 3.05) is 0 Å². The Morgan fingerprint density at radius 1 is 1.12 bits per heavy atom. The van der Waals surface area contributed by atoms with E-state index in [1.54, 1.807) is 0 Å². The van der Waals surface area contributed by atoms with E-state index in [-0.39, 0.29) is 28.9 Å². The summed E-state index contributed by atoms with van der Waals surface area (Å²) >= 11 is 6.02. The molecule has 2 aromatic rings. The van der Waals surface area contributed by atoms with Crippen molar-refractivity contribution in [3.05, 3.63) is 46.3 Å². The molecule has 1 aromatic carbocycles. The smallest absolute Gasteiger partial charge is 0.223 e. The summed E-state index contributed by atoms with van der Waals surface area (Å²) < 4.78 is 8.08. The van der Waals surface area contributed by atoms with E-state index in [0.717, 1.165) is 30.0 Å². The first-order chi connectivity index (χ1) is 15.8. The summed E-state index contributed by atoms with van der Waals surface area (Å²) in [5.41, 5.74) is 3.45. The van der Waals surface area contributed by atoms with Crippen LogP contribution < -0.4 is 5.62 Å². The summed E-state index contributed by atoms with van der Waals surface area (Å²) in [5, 5.41) is 11.0. The Balaban J connectivity index is 1.91. The minimum atomic E-state index is -0.286. The molecule has 6 heteroatoms. The van der Waals surface area contributed by atoms with E-state index in [2.05, 4.69) is 64.5 Å². The molecule has 2 heterocycles. The van der Waals surface area contributed by atoms with Gasteiger partial charge >= 0.3 is 0 Å². The second-order valence-electron chi connectivity index (χ2n) is 12.1. The zero-order valence-corrected chi connectivity index (χ0v) is 23.0. The van der Waals surface area contributed by atoms with Crippen LogP contribution in [0.1, 0.15) is 102 Å². The molecule has 0 spiro atoms. The fourth-order valence-electron chi connectivity index (χ4n) is 5.22. The van der Waals surface area contributed by atoms with Crippen molar-refractivity contribution in [2.24, 2.45) is 16.3 Å². The molecule has 0 aliphatic carbocycles. The number of hydrogen-bond acceptors (Lipinski definition) is 3. The van der Waals surface area contributed by atoms with E-state index < -0.39 is 0 Å². The van der Waals surface area contributed by atoms with Crippen molar-refractivity contribution in [3.8, 4) is 5.75 Å². The van der Waals surface area contributed by atoms with Crippen LogP contribution in [0, 0.1) is 11.8 Å². The van der Waals surface area contributed by atoms with Crippen molar-refractivity contribution in [3.63, 3.8) is 0 Å². The summed E-state index contributed by atoms with van der Waals surface area (Å²) in [5.74, 6) is 1.62. The third-order valence-corrected chi connectivity index (χ3v) is 7.50. The van der Waals surface area contributed by atoms with Crippen LogP contribution >= 0.6 is 11.8 Å². The highest BCUT2D eigenvalue weighted by Crippen LogP contribution is 2.40. The lowest BCUT2D eigenvalue weighted by Gasteiger charge is -2.28. The van der Waals surface area contributed by atoms with Crippen molar-refractivity contribution in [1.82, 2.24) is 9.13 Å². The van der Waals surface area contributed by atoms with E-state index in [0.29, 0.717) is 17.1 Å². The van der Waals surface area contributed by atoms with Crippen molar-refractivity contribution < 1.29 is 9.90 Å². The van der Waals surface area contributed by atoms with Gasteiger partial charge in [-0.25, -0.2) is 0 Å². The molecule has 0 saturated heterocycles. The molecular formula is C28H42ClN3O2. The molecule has 188 valence electrons. The number of hydrogen-bond donors (Lipinski definition) is 1. The highest BCUT2D eigenvalue weighted by Gasteiger charge is 2.29. The molecule has 1 N–H and O–H groups in total. The lowest BCUT2D eigenvalue weighted by Crippen LogP contribution is -2.29. The minimum Gasteiger partial charge on any atom is -0.507 e. The molecule has 0 radical (unpaired) electrons. The van der Waals surface area contributed by atoms with Gasteiger partial charge in [0.25, 0.3) is 0 Å². The van der Waals surface area contributed by atoms with Crippen LogP contribution in [0.3, 0.4) is 0 Å². The SMILES string of the molecule is CCC(CC)CC1Cc2cn(CC(=O)c3cc(C(C)(C)C)c(O)c(C(C)(C)C)c3)c(=NCl)n2C1. The first-order valence-corrected chi connectivity index (χ1v) is 13.0. The van der Waals surface area contributed by atoms with Crippen LogP contribution in [0.2, 0.25) is 0 Å². The molecule has 1 unspecified atom stereocenters. The Bertz CT molecular complexity index is 1070. The lowest BCUT2D eigenvalue weighted by atomic mass is 9.78. The van der Waals surface area contributed by atoms with Gasteiger partial charge in [0.1, 0.15) is 5.75 Å². The maximum absolute atomic E-state index is 13.5. The zero-order valence-electron chi connectivity index (χ0n) is 22.2. The van der Waals surface area contributed by atoms with Crippen molar-refractivity contribution in [2.45, 2.75) is 105 Å². The monoisotopic (exact) mass is 487 g/mol. The number of Topliss-reactive ketones (excluding diaryl/α,β-unsaturated/α-hetero) is 1. The van der Waals surface area contributed by atoms with Crippen LogP contribution in [0.4, 0.5) is 0 Å². The molecule has 0 amide bonds. The van der Waals surface area contributed by atoms with E-state index in [1.165, 1.54) is 25.0 Å². The molecule has 1 atom stereocenters. The lowest BCUT2D eigenvalue weighted by molar-refractivity contribution is 0.0970. The first-order valence-electron chi connectivity index (χ1n) is 12.6. The Morgan fingerprint density at radius 3 is 2.15 bits per heavy atom. The normalized spacial score (nSPS) is 17.0. The Kier molecular flexibility index (Phi) is 7.76. The van der Waals surface area contributed by atoms with E-state index in [1.807, 2.05) is 22.9 Å². The number of phenols is 1. The number of carbonyl (C=O) groups excluding carboxylic acids is 1. The number of carbonyl (C=O) groups is 1. The fraction of sp³-hybridized carbons (Fsp3) is 0.643. The molecule has 0 bridgehead atoms. The maximum Gasteiger partial charge on any atom is 0.223 e. The van der Waals surface area contributed by atoms with Crippen LogP contribution in [0.5, 0.6) is 5.75 Å². The Hall–Kier alpha value is -2.01. The number of ketones is 1. The third-order valence-electron chi connectivity index (χ3n) is 7.35. The topological polar surface area (TPSA) is 59.5 Å². The highest BCUT2D eigenvalue weighted by molar-refractivity contribution is 6.14. The molecule has 34 heavy (non-hydrogen) atoms. The number of rotatable bonds is 7. The molecule has 1 aromatic heterocycles. The highest BCUT2D eigenvalue weighted by atomic mass is 35.5. The van der Waals surface area contributed by atoms with Crippen LogP contribution in [0.25, 0.3) is 0 Å². The van der Waals surface area contributed by atoms with Gasteiger partial charge in [0.2, 0.25) is 5.62 Å². The van der Waals surface area contributed by atoms with Crippen LogP contribution in [-0.2, 0) is 30.3 Å². The Morgan fingerprint density at radius 2 is 1.68 bits per heavy atom. The predicted molar refractivity (Wildman–Crippen MR) is 140 cm³/mol. The largest absolute Gasteiger partial charge is 0.507 e. The van der Waals surface area contributed by atoms with Gasteiger partial charge in [-0.15, -0.1) is 4.51 Å². The number of halogens is 1. The van der Waals surface area contributed by atoms with Gasteiger partial charge in [-0.05, 0) is 47.6 Å². The summed E-state index contributed by atoms with van der Waals surface area (Å²) in [4.78, 5) is 13.5. The van der Waals surface area contributed by atoms with Crippen LogP contribution in [0.15, 0.2) is 22.8 Å². The average Bonchev–Trinajstić information content (AvgIpc) is 3.26. The Labute approximate surface area is 210 Å². The van der Waals surface area contributed by atoms with E-state index in [9.17, 15) is 9.90 Å². The number of aromatic hydroxyl groups is 1. The third kappa shape index (κ3) is 5.45. The molecule has 5 nitrogen and oxygen atoms in total. The maximum atomic E-state index is 13.5. The summed E-state index contributed by atoms with van der Waals surface area (Å²) in [7, 11) is 0. The molecule has 1 aliphatic rings. The molecule has 0 saturated carbocycles.